The van der Waals surface area contributed by atoms with E-state index in [-0.39, 0.29) is 72.0 Å². The molecule has 13 heteroatoms. The van der Waals surface area contributed by atoms with Crippen molar-refractivity contribution in [2.45, 2.75) is 19.3 Å². The minimum absolute atomic E-state index is 0.152. The van der Waals surface area contributed by atoms with Gasteiger partial charge in [-0.15, -0.1) is 0 Å². The summed E-state index contributed by atoms with van der Waals surface area (Å²) in [4.78, 5) is 78.2. The molecule has 1 aliphatic rings. The number of hydrogen-bond acceptors (Lipinski definition) is 8. The van der Waals surface area contributed by atoms with Crippen LogP contribution in [0.2, 0.25) is 0 Å². The summed E-state index contributed by atoms with van der Waals surface area (Å²) < 4.78 is 0. The van der Waals surface area contributed by atoms with Crippen LogP contribution in [0.5, 0.6) is 0 Å². The largest absolute Gasteiger partial charge is 0.332 e. The third-order valence-corrected chi connectivity index (χ3v) is 9.24. The smallest absolute Gasteiger partial charge is 0.247 e. The van der Waals surface area contributed by atoms with E-state index >= 15 is 0 Å². The minimum atomic E-state index is -0.498. The van der Waals surface area contributed by atoms with E-state index in [0.29, 0.717) is 30.6 Å². The van der Waals surface area contributed by atoms with Crippen LogP contribution in [0.25, 0.3) is 21.5 Å². The first-order chi connectivity index (χ1) is 25.2. The maximum Gasteiger partial charge on any atom is 0.247 e. The highest BCUT2D eigenvalue weighted by atomic mass is 16.2. The summed E-state index contributed by atoms with van der Waals surface area (Å²) in [7, 11) is 0. The number of nitrogens with two attached hydrogens (primary N) is 3. The first-order valence-electron chi connectivity index (χ1n) is 17.8. The van der Waals surface area contributed by atoms with Crippen molar-refractivity contribution in [2.24, 2.45) is 17.2 Å². The molecular formula is C39H48N8O5. The summed E-state index contributed by atoms with van der Waals surface area (Å²) in [5.74, 6) is -2.40. The van der Waals surface area contributed by atoms with Gasteiger partial charge < -0.3 is 41.7 Å². The topological polar surface area (TPSA) is 180 Å². The Morgan fingerprint density at radius 1 is 0.404 bits per heavy atom. The molecule has 1 fully saturated rings. The Morgan fingerprint density at radius 3 is 1.12 bits per heavy atom. The van der Waals surface area contributed by atoms with Crippen molar-refractivity contribution in [2.75, 3.05) is 81.8 Å². The molecule has 13 nitrogen and oxygen atoms in total. The van der Waals surface area contributed by atoms with Gasteiger partial charge in [0.25, 0.3) is 0 Å². The number of nitrogens with zero attached hydrogens (tertiary/aromatic N) is 5. The van der Waals surface area contributed by atoms with Crippen molar-refractivity contribution in [3.05, 3.63) is 84.9 Å². The van der Waals surface area contributed by atoms with Crippen LogP contribution in [0, 0.1) is 0 Å². The standard InChI is InChI=1S/C39H48N8O5/c40-18-7-21-43-24-35(48)44(22-8-19-41)25-38(51)47(34-17-6-13-30-11-2-4-15-32(30)34)28-37(50)45(23-9-20-42)26-39(52)46(27-36(43)49)33-16-5-12-29-10-1-3-14-31(29)33/h1-6,10-17H,7-9,18-28,40-42H2. The zero-order valence-corrected chi connectivity index (χ0v) is 29.5. The van der Waals surface area contributed by atoms with Crippen LogP contribution >= 0.6 is 0 Å². The third kappa shape index (κ3) is 9.10. The molecule has 5 amide bonds. The molecule has 0 radical (unpaired) electrons. The van der Waals surface area contributed by atoms with Gasteiger partial charge in [0.2, 0.25) is 29.5 Å². The highest BCUT2D eigenvalue weighted by Gasteiger charge is 2.32. The molecular weight excluding hydrogens is 660 g/mol. The second kappa shape index (κ2) is 18.2. The number of amides is 5. The van der Waals surface area contributed by atoms with Crippen LogP contribution in [0.4, 0.5) is 11.4 Å². The van der Waals surface area contributed by atoms with Gasteiger partial charge in [-0.25, -0.2) is 0 Å². The lowest BCUT2D eigenvalue weighted by Gasteiger charge is -2.31. The third-order valence-electron chi connectivity index (χ3n) is 9.24. The van der Waals surface area contributed by atoms with Crippen molar-refractivity contribution in [1.82, 2.24) is 14.7 Å². The average molecular weight is 709 g/mol. The van der Waals surface area contributed by atoms with Gasteiger partial charge in [0, 0.05) is 30.4 Å². The number of anilines is 2. The van der Waals surface area contributed by atoms with Crippen LogP contribution in [0.1, 0.15) is 19.3 Å². The fourth-order valence-electron chi connectivity index (χ4n) is 6.46. The summed E-state index contributed by atoms with van der Waals surface area (Å²) in [5.41, 5.74) is 18.5. The molecule has 0 bridgehead atoms. The Bertz CT molecular complexity index is 1810. The molecule has 6 N–H and O–H groups in total. The maximum atomic E-state index is 14.4. The van der Waals surface area contributed by atoms with Crippen LogP contribution in [-0.4, -0.2) is 116 Å². The van der Waals surface area contributed by atoms with Gasteiger partial charge in [-0.3, -0.25) is 24.0 Å². The summed E-state index contributed by atoms with van der Waals surface area (Å²) in [6.07, 6.45) is 1.24. The van der Waals surface area contributed by atoms with Gasteiger partial charge in [0.15, 0.2) is 0 Å². The van der Waals surface area contributed by atoms with Crippen molar-refractivity contribution in [3.8, 4) is 0 Å². The molecule has 1 saturated heterocycles. The molecule has 4 aromatic carbocycles. The molecule has 5 rings (SSSR count). The molecule has 0 unspecified atom stereocenters. The second-order valence-electron chi connectivity index (χ2n) is 12.8. The zero-order valence-electron chi connectivity index (χ0n) is 29.5. The lowest BCUT2D eigenvalue weighted by atomic mass is 10.1. The summed E-state index contributed by atoms with van der Waals surface area (Å²) in [5, 5.41) is 3.22. The summed E-state index contributed by atoms with van der Waals surface area (Å²) >= 11 is 0. The molecule has 0 atom stereocenters. The number of carbonyl (C=O) groups is 5. The summed E-state index contributed by atoms with van der Waals surface area (Å²) in [6, 6.07) is 26.0. The van der Waals surface area contributed by atoms with Gasteiger partial charge in [-0.05, 0) is 61.8 Å². The van der Waals surface area contributed by atoms with E-state index in [1.807, 2.05) is 60.7 Å². The quantitative estimate of drug-likeness (QED) is 0.211. The van der Waals surface area contributed by atoms with Crippen molar-refractivity contribution in [3.63, 3.8) is 0 Å². The predicted octanol–water partition coefficient (Wildman–Crippen LogP) is 1.91. The molecule has 1 heterocycles. The van der Waals surface area contributed by atoms with E-state index < -0.39 is 29.5 Å². The zero-order chi connectivity index (χ0) is 37.0. The number of fused-ring (bicyclic) bond motifs is 2. The van der Waals surface area contributed by atoms with Gasteiger partial charge in [-0.2, -0.15) is 0 Å². The highest BCUT2D eigenvalue weighted by molar-refractivity contribution is 6.10. The van der Waals surface area contributed by atoms with Crippen molar-refractivity contribution >= 4 is 62.5 Å². The molecule has 274 valence electrons. The Kier molecular flexibility index (Phi) is 13.3. The lowest BCUT2D eigenvalue weighted by molar-refractivity contribution is -0.141. The summed E-state index contributed by atoms with van der Waals surface area (Å²) in [6.45, 7) is -0.508. The predicted molar refractivity (Wildman–Crippen MR) is 203 cm³/mol. The van der Waals surface area contributed by atoms with Gasteiger partial charge in [-0.1, -0.05) is 72.8 Å². The number of hydrogen-bond donors (Lipinski definition) is 3. The highest BCUT2D eigenvalue weighted by Crippen LogP contribution is 2.29. The number of rotatable bonds is 11. The average Bonchev–Trinajstić information content (AvgIpc) is 3.16. The molecule has 4 aromatic rings. The van der Waals surface area contributed by atoms with E-state index in [1.54, 1.807) is 24.3 Å². The van der Waals surface area contributed by atoms with E-state index in [4.69, 9.17) is 17.2 Å². The molecule has 0 spiro atoms. The van der Waals surface area contributed by atoms with Gasteiger partial charge in [0.05, 0.1) is 17.9 Å². The van der Waals surface area contributed by atoms with E-state index in [2.05, 4.69) is 0 Å². The van der Waals surface area contributed by atoms with Crippen molar-refractivity contribution in [1.29, 1.82) is 0 Å². The first kappa shape index (κ1) is 37.9. The fraction of sp³-hybridized carbons (Fsp3) is 0.359. The Morgan fingerprint density at radius 2 is 0.731 bits per heavy atom. The van der Waals surface area contributed by atoms with Gasteiger partial charge >= 0.3 is 0 Å². The Hall–Kier alpha value is -5.37. The Balaban J connectivity index is 1.64. The fourth-order valence-corrected chi connectivity index (χ4v) is 6.46. The number of benzene rings is 4. The molecule has 0 aromatic heterocycles. The molecule has 1 aliphatic heterocycles. The normalized spacial score (nSPS) is 15.9. The molecule has 0 saturated carbocycles. The maximum absolute atomic E-state index is 14.4. The van der Waals surface area contributed by atoms with Crippen LogP contribution in [-0.2, 0) is 24.0 Å². The SMILES string of the molecule is NCCCN1CC(=O)N(CCCN)CC(=O)N(c2cccc3ccccc23)CC(=O)N(CCCN)CC(=O)N(c2cccc3ccccc23)CC1=O. The van der Waals surface area contributed by atoms with Crippen molar-refractivity contribution < 1.29 is 24.0 Å². The van der Waals surface area contributed by atoms with E-state index in [9.17, 15) is 24.0 Å². The monoisotopic (exact) mass is 708 g/mol. The molecule has 52 heavy (non-hydrogen) atoms. The lowest BCUT2D eigenvalue weighted by Crippen LogP contribution is -2.50. The Labute approximate surface area is 303 Å². The van der Waals surface area contributed by atoms with Crippen LogP contribution in [0.15, 0.2) is 84.9 Å². The van der Waals surface area contributed by atoms with Crippen LogP contribution in [0.3, 0.4) is 0 Å². The first-order valence-corrected chi connectivity index (χ1v) is 17.8. The second-order valence-corrected chi connectivity index (χ2v) is 12.8. The number of carbonyl (C=O) groups excluding carboxylic acids is 5. The van der Waals surface area contributed by atoms with E-state index in [0.717, 1.165) is 21.5 Å². The van der Waals surface area contributed by atoms with E-state index in [1.165, 1.54) is 24.5 Å². The van der Waals surface area contributed by atoms with Crippen LogP contribution < -0.4 is 27.0 Å². The van der Waals surface area contributed by atoms with Gasteiger partial charge in [0.1, 0.15) is 26.2 Å². The molecule has 0 aliphatic carbocycles. The minimum Gasteiger partial charge on any atom is -0.332 e.